The van der Waals surface area contributed by atoms with Crippen molar-refractivity contribution in [3.8, 4) is 17.6 Å². The summed E-state index contributed by atoms with van der Waals surface area (Å²) in [6, 6.07) is 20.1. The zero-order chi connectivity index (χ0) is 20.8. The number of rotatable bonds is 6. The van der Waals surface area contributed by atoms with Crippen LogP contribution in [-0.2, 0) is 6.61 Å². The largest absolute Gasteiger partial charge is 0.493 e. The summed E-state index contributed by atoms with van der Waals surface area (Å²) >= 11 is 4.43. The van der Waals surface area contributed by atoms with E-state index in [4.69, 9.17) is 9.47 Å². The molecule has 3 aromatic rings. The Morgan fingerprint density at radius 1 is 1.10 bits per heavy atom. The van der Waals surface area contributed by atoms with E-state index in [2.05, 4.69) is 51.3 Å². The van der Waals surface area contributed by atoms with Crippen LogP contribution in [0.4, 0.5) is 4.39 Å². The molecular weight excluding hydrogens is 595 g/mol. The van der Waals surface area contributed by atoms with Crippen LogP contribution in [0.5, 0.6) is 11.5 Å². The Hall–Kier alpha value is -2.12. The Bertz CT molecular complexity index is 1090. The molecule has 0 heterocycles. The van der Waals surface area contributed by atoms with Crippen LogP contribution < -0.4 is 9.47 Å². The molecule has 3 rings (SSSR count). The van der Waals surface area contributed by atoms with Gasteiger partial charge in [-0.05, 0) is 92.7 Å². The summed E-state index contributed by atoms with van der Waals surface area (Å²) in [6.45, 7) is 0.414. The highest BCUT2D eigenvalue weighted by Crippen LogP contribution is 2.35. The number of halogens is 3. The van der Waals surface area contributed by atoms with Crippen LogP contribution in [-0.4, -0.2) is 7.11 Å². The van der Waals surface area contributed by atoms with E-state index >= 15 is 0 Å². The van der Waals surface area contributed by atoms with Gasteiger partial charge < -0.3 is 9.47 Å². The molecule has 0 radical (unpaired) electrons. The molecule has 0 N–H and O–H groups in total. The van der Waals surface area contributed by atoms with E-state index in [1.165, 1.54) is 6.07 Å². The standard InChI is InChI=1S/C23H16FI2NO2/c1-28-22-12-16(10-17(13-27)19-4-2-3-5-20(19)24)11-21(26)23(22)29-14-15-6-8-18(25)9-7-15/h2-12H,14H2,1H3/b17-10-. The molecule has 0 saturated heterocycles. The predicted molar refractivity (Wildman–Crippen MR) is 129 cm³/mol. The van der Waals surface area contributed by atoms with Crippen LogP contribution >= 0.6 is 45.2 Å². The lowest BCUT2D eigenvalue weighted by Crippen LogP contribution is -2.00. The van der Waals surface area contributed by atoms with Gasteiger partial charge in [-0.25, -0.2) is 4.39 Å². The molecule has 0 aliphatic heterocycles. The van der Waals surface area contributed by atoms with Crippen LogP contribution in [0.3, 0.4) is 0 Å². The minimum Gasteiger partial charge on any atom is -0.493 e. The van der Waals surface area contributed by atoms with Crippen molar-refractivity contribution in [2.24, 2.45) is 0 Å². The fourth-order valence-electron chi connectivity index (χ4n) is 2.72. The van der Waals surface area contributed by atoms with Crippen molar-refractivity contribution < 1.29 is 13.9 Å². The van der Waals surface area contributed by atoms with Gasteiger partial charge in [0.25, 0.3) is 0 Å². The summed E-state index contributed by atoms with van der Waals surface area (Å²) in [5.41, 5.74) is 2.29. The highest BCUT2D eigenvalue weighted by atomic mass is 127. The topological polar surface area (TPSA) is 42.2 Å². The number of hydrogen-bond donors (Lipinski definition) is 0. The summed E-state index contributed by atoms with van der Waals surface area (Å²) < 4.78 is 27.6. The molecule has 0 atom stereocenters. The fourth-order valence-corrected chi connectivity index (χ4v) is 3.86. The predicted octanol–water partition coefficient (Wildman–Crippen LogP) is 6.69. The molecule has 0 spiro atoms. The Kier molecular flexibility index (Phi) is 7.50. The van der Waals surface area contributed by atoms with E-state index in [-0.39, 0.29) is 11.1 Å². The van der Waals surface area contributed by atoms with Gasteiger partial charge in [0.1, 0.15) is 12.4 Å². The molecule has 3 aromatic carbocycles. The first-order valence-corrected chi connectivity index (χ1v) is 10.8. The van der Waals surface area contributed by atoms with Gasteiger partial charge in [-0.3, -0.25) is 0 Å². The summed E-state index contributed by atoms with van der Waals surface area (Å²) in [4.78, 5) is 0. The summed E-state index contributed by atoms with van der Waals surface area (Å²) in [5, 5.41) is 9.50. The monoisotopic (exact) mass is 611 g/mol. The second-order valence-corrected chi connectivity index (χ2v) is 8.51. The van der Waals surface area contributed by atoms with Crippen molar-refractivity contribution in [2.45, 2.75) is 6.61 Å². The van der Waals surface area contributed by atoms with Gasteiger partial charge in [-0.1, -0.05) is 30.3 Å². The molecule has 0 unspecified atom stereocenters. The lowest BCUT2D eigenvalue weighted by molar-refractivity contribution is 0.282. The lowest BCUT2D eigenvalue weighted by Gasteiger charge is -2.14. The lowest BCUT2D eigenvalue weighted by atomic mass is 10.0. The summed E-state index contributed by atoms with van der Waals surface area (Å²) in [7, 11) is 1.57. The van der Waals surface area contributed by atoms with E-state index in [0.717, 1.165) is 18.3 Å². The fraction of sp³-hybridized carbons (Fsp3) is 0.0870. The third kappa shape index (κ3) is 5.48. The Morgan fingerprint density at radius 3 is 2.48 bits per heavy atom. The van der Waals surface area contributed by atoms with Gasteiger partial charge in [0.15, 0.2) is 11.5 Å². The Morgan fingerprint density at radius 2 is 1.83 bits per heavy atom. The molecule has 0 bridgehead atoms. The second kappa shape index (κ2) is 10.1. The minimum atomic E-state index is -0.431. The number of ether oxygens (including phenoxy) is 2. The zero-order valence-electron chi connectivity index (χ0n) is 15.5. The van der Waals surface area contributed by atoms with E-state index in [1.54, 1.807) is 37.5 Å². The molecule has 146 valence electrons. The third-order valence-corrected chi connectivity index (χ3v) is 5.66. The molecule has 0 saturated carbocycles. The van der Waals surface area contributed by atoms with Gasteiger partial charge >= 0.3 is 0 Å². The number of allylic oxidation sites excluding steroid dienone is 1. The highest BCUT2D eigenvalue weighted by molar-refractivity contribution is 14.1. The van der Waals surface area contributed by atoms with E-state index in [0.29, 0.717) is 18.1 Å². The molecule has 3 nitrogen and oxygen atoms in total. The Balaban J connectivity index is 1.90. The molecule has 0 aliphatic rings. The van der Waals surface area contributed by atoms with Gasteiger partial charge in [0, 0.05) is 9.13 Å². The molecule has 6 heteroatoms. The van der Waals surface area contributed by atoms with Gasteiger partial charge in [0.2, 0.25) is 0 Å². The van der Waals surface area contributed by atoms with Gasteiger partial charge in [0.05, 0.1) is 22.3 Å². The zero-order valence-corrected chi connectivity index (χ0v) is 19.8. The van der Waals surface area contributed by atoms with Crippen molar-refractivity contribution in [3.05, 3.63) is 90.3 Å². The van der Waals surface area contributed by atoms with Gasteiger partial charge in [-0.2, -0.15) is 5.26 Å². The SMILES string of the molecule is COc1cc(/C=C(/C#N)c2ccccc2F)cc(I)c1OCc1ccc(I)cc1. The first-order valence-electron chi connectivity index (χ1n) is 8.63. The van der Waals surface area contributed by atoms with E-state index in [9.17, 15) is 9.65 Å². The highest BCUT2D eigenvalue weighted by Gasteiger charge is 2.13. The molecule has 0 fully saturated rings. The van der Waals surface area contributed by atoms with Crippen LogP contribution in [0.2, 0.25) is 0 Å². The smallest absolute Gasteiger partial charge is 0.174 e. The number of methoxy groups -OCH3 is 1. The first kappa shape index (κ1) is 21.6. The van der Waals surface area contributed by atoms with Crippen molar-refractivity contribution in [2.75, 3.05) is 7.11 Å². The normalized spacial score (nSPS) is 11.1. The maximum Gasteiger partial charge on any atom is 0.174 e. The van der Waals surface area contributed by atoms with Crippen molar-refractivity contribution in [3.63, 3.8) is 0 Å². The second-order valence-electron chi connectivity index (χ2n) is 6.10. The average molecular weight is 611 g/mol. The first-order chi connectivity index (χ1) is 14.0. The van der Waals surface area contributed by atoms with Crippen LogP contribution in [0, 0.1) is 24.3 Å². The summed E-state index contributed by atoms with van der Waals surface area (Å²) in [6.07, 6.45) is 1.64. The van der Waals surface area contributed by atoms with E-state index < -0.39 is 5.82 Å². The van der Waals surface area contributed by atoms with Crippen LogP contribution in [0.15, 0.2) is 60.7 Å². The maximum atomic E-state index is 14.1. The molecule has 29 heavy (non-hydrogen) atoms. The van der Waals surface area contributed by atoms with E-state index in [1.807, 2.05) is 30.3 Å². The number of nitrogens with zero attached hydrogens (tertiary/aromatic N) is 1. The quantitative estimate of drug-likeness (QED) is 0.177. The molecular formula is C23H16FI2NO2. The minimum absolute atomic E-state index is 0.244. The number of hydrogen-bond acceptors (Lipinski definition) is 3. The maximum absolute atomic E-state index is 14.1. The molecule has 0 amide bonds. The molecule has 0 aliphatic carbocycles. The van der Waals surface area contributed by atoms with Crippen LogP contribution in [0.25, 0.3) is 11.6 Å². The Labute approximate surface area is 196 Å². The van der Waals surface area contributed by atoms with Crippen molar-refractivity contribution in [1.29, 1.82) is 5.26 Å². The number of nitriles is 1. The summed E-state index contributed by atoms with van der Waals surface area (Å²) in [5.74, 6) is 0.757. The average Bonchev–Trinajstić information content (AvgIpc) is 2.72. The molecule has 0 aromatic heterocycles. The van der Waals surface area contributed by atoms with Crippen LogP contribution in [0.1, 0.15) is 16.7 Å². The van der Waals surface area contributed by atoms with Gasteiger partial charge in [-0.15, -0.1) is 0 Å². The van der Waals surface area contributed by atoms with Crippen molar-refractivity contribution in [1.82, 2.24) is 0 Å². The van der Waals surface area contributed by atoms with Crippen molar-refractivity contribution >= 4 is 56.8 Å². The third-order valence-electron chi connectivity index (χ3n) is 4.14. The number of benzene rings is 3.